The van der Waals surface area contributed by atoms with E-state index in [1.165, 1.54) is 0 Å². The Bertz CT molecular complexity index is 723. The average molecular weight is 447 g/mol. The highest BCUT2D eigenvalue weighted by Crippen LogP contribution is 2.20. The molecule has 0 aromatic heterocycles. The Morgan fingerprint density at radius 1 is 1.31 bits per heavy atom. The Morgan fingerprint density at radius 3 is 2.54 bits per heavy atom. The highest BCUT2D eigenvalue weighted by molar-refractivity contribution is 9.08. The molecule has 146 valence electrons. The lowest BCUT2D eigenvalue weighted by atomic mass is 9.97. The summed E-state index contributed by atoms with van der Waals surface area (Å²) in [5.41, 5.74) is 0.409. The van der Waals surface area contributed by atoms with Crippen LogP contribution in [0.25, 0.3) is 0 Å². The van der Waals surface area contributed by atoms with Crippen molar-refractivity contribution in [3.63, 3.8) is 0 Å². The smallest absolute Gasteiger partial charge is 0.410 e. The van der Waals surface area contributed by atoms with Gasteiger partial charge in [-0.05, 0) is 57.2 Å². The predicted octanol–water partition coefficient (Wildman–Crippen LogP) is 3.51. The minimum atomic E-state index is -3.52. The van der Waals surface area contributed by atoms with Crippen molar-refractivity contribution >= 4 is 32.0 Å². The zero-order chi connectivity index (χ0) is 19.4. The van der Waals surface area contributed by atoms with E-state index in [1.54, 1.807) is 23.1 Å². The third kappa shape index (κ3) is 6.25. The lowest BCUT2D eigenvalue weighted by Gasteiger charge is -2.33. The Labute approximate surface area is 164 Å². The number of carbonyl (C=O) groups excluding carboxylic acids is 1. The van der Waals surface area contributed by atoms with E-state index in [0.29, 0.717) is 25.0 Å². The van der Waals surface area contributed by atoms with Crippen molar-refractivity contribution in [2.45, 2.75) is 49.4 Å². The van der Waals surface area contributed by atoms with Crippen molar-refractivity contribution in [2.75, 3.05) is 19.6 Å². The van der Waals surface area contributed by atoms with Crippen LogP contribution in [-0.4, -0.2) is 44.6 Å². The van der Waals surface area contributed by atoms with Crippen LogP contribution >= 0.6 is 15.9 Å². The topological polar surface area (TPSA) is 75.7 Å². The van der Waals surface area contributed by atoms with Crippen LogP contribution in [0.3, 0.4) is 0 Å². The fourth-order valence-electron chi connectivity index (χ4n) is 2.75. The van der Waals surface area contributed by atoms with Crippen molar-refractivity contribution < 1.29 is 17.9 Å². The first-order valence-electron chi connectivity index (χ1n) is 8.73. The van der Waals surface area contributed by atoms with E-state index >= 15 is 0 Å². The molecule has 1 aromatic carbocycles. The highest BCUT2D eigenvalue weighted by atomic mass is 79.9. The Balaban J connectivity index is 1.85. The monoisotopic (exact) mass is 446 g/mol. The maximum absolute atomic E-state index is 12.5. The van der Waals surface area contributed by atoms with Gasteiger partial charge < -0.3 is 9.64 Å². The predicted molar refractivity (Wildman–Crippen MR) is 105 cm³/mol. The third-order valence-corrected chi connectivity index (χ3v) is 6.26. The second kappa shape index (κ2) is 8.71. The number of carbonyl (C=O) groups is 1. The number of halogens is 1. The van der Waals surface area contributed by atoms with Gasteiger partial charge in [-0.3, -0.25) is 0 Å². The van der Waals surface area contributed by atoms with Crippen LogP contribution in [0.1, 0.15) is 39.2 Å². The molecule has 8 heteroatoms. The van der Waals surface area contributed by atoms with E-state index in [-0.39, 0.29) is 16.9 Å². The van der Waals surface area contributed by atoms with Crippen molar-refractivity contribution in [1.29, 1.82) is 0 Å². The van der Waals surface area contributed by atoms with Crippen LogP contribution in [0.15, 0.2) is 29.2 Å². The Hall–Kier alpha value is -1.12. The molecule has 1 heterocycles. The molecule has 1 aliphatic rings. The number of hydrogen-bond donors (Lipinski definition) is 1. The van der Waals surface area contributed by atoms with Gasteiger partial charge in [0.15, 0.2) is 0 Å². The third-order valence-electron chi connectivity index (χ3n) is 4.19. The van der Waals surface area contributed by atoms with E-state index in [0.717, 1.165) is 18.4 Å². The van der Waals surface area contributed by atoms with Crippen molar-refractivity contribution in [1.82, 2.24) is 9.62 Å². The molecule has 1 aliphatic heterocycles. The number of rotatable bonds is 5. The summed E-state index contributed by atoms with van der Waals surface area (Å²) < 4.78 is 33.0. The molecule has 1 amide bonds. The van der Waals surface area contributed by atoms with E-state index in [1.807, 2.05) is 26.8 Å². The number of piperidine rings is 1. The fourth-order valence-corrected chi connectivity index (χ4v) is 4.29. The molecular weight excluding hydrogens is 420 g/mol. The molecule has 2 rings (SSSR count). The standard InChI is InChI=1S/C18H27BrN2O4S/c1-18(2,3)25-17(22)21-9-7-14(8-10-21)13-20-26(23,24)16-6-4-5-15(11-16)12-19/h4-6,11,14,20H,7-10,12-13H2,1-3H3. The van der Waals surface area contributed by atoms with Crippen LogP contribution < -0.4 is 4.72 Å². The molecule has 1 fully saturated rings. The van der Waals surface area contributed by atoms with E-state index < -0.39 is 15.6 Å². The molecule has 6 nitrogen and oxygen atoms in total. The van der Waals surface area contributed by atoms with Crippen LogP contribution in [0.5, 0.6) is 0 Å². The SMILES string of the molecule is CC(C)(C)OC(=O)N1CCC(CNS(=O)(=O)c2cccc(CBr)c2)CC1. The number of nitrogens with zero attached hydrogens (tertiary/aromatic N) is 1. The fraction of sp³-hybridized carbons (Fsp3) is 0.611. The van der Waals surface area contributed by atoms with Crippen LogP contribution in [0.2, 0.25) is 0 Å². The van der Waals surface area contributed by atoms with Gasteiger partial charge in [0.1, 0.15) is 5.60 Å². The van der Waals surface area contributed by atoms with Gasteiger partial charge in [-0.2, -0.15) is 0 Å². The number of alkyl halides is 1. The summed E-state index contributed by atoms with van der Waals surface area (Å²) in [4.78, 5) is 14.0. The van der Waals surface area contributed by atoms with Gasteiger partial charge in [0.25, 0.3) is 0 Å². The highest BCUT2D eigenvalue weighted by Gasteiger charge is 2.27. The molecule has 1 saturated heterocycles. The minimum Gasteiger partial charge on any atom is -0.444 e. The molecule has 26 heavy (non-hydrogen) atoms. The number of amides is 1. The maximum Gasteiger partial charge on any atom is 0.410 e. The number of benzene rings is 1. The first-order valence-corrected chi connectivity index (χ1v) is 11.3. The first-order chi connectivity index (χ1) is 12.1. The molecular formula is C18H27BrN2O4S. The second-order valence-electron chi connectivity index (χ2n) is 7.54. The summed E-state index contributed by atoms with van der Waals surface area (Å²) in [5.74, 6) is 0.211. The summed E-state index contributed by atoms with van der Waals surface area (Å²) in [6.45, 7) is 7.08. The number of sulfonamides is 1. The van der Waals surface area contributed by atoms with Gasteiger partial charge in [-0.15, -0.1) is 0 Å². The number of nitrogens with one attached hydrogen (secondary N) is 1. The van der Waals surface area contributed by atoms with Crippen LogP contribution in [0, 0.1) is 5.92 Å². The van der Waals surface area contributed by atoms with E-state index in [2.05, 4.69) is 20.7 Å². The number of likely N-dealkylation sites (tertiary alicyclic amines) is 1. The molecule has 0 saturated carbocycles. The lowest BCUT2D eigenvalue weighted by molar-refractivity contribution is 0.0185. The zero-order valence-electron chi connectivity index (χ0n) is 15.5. The summed E-state index contributed by atoms with van der Waals surface area (Å²) in [5, 5.41) is 0.611. The summed E-state index contributed by atoms with van der Waals surface area (Å²) in [7, 11) is -3.52. The maximum atomic E-state index is 12.5. The molecule has 0 spiro atoms. The zero-order valence-corrected chi connectivity index (χ0v) is 17.9. The first kappa shape index (κ1) is 21.2. The largest absolute Gasteiger partial charge is 0.444 e. The molecule has 1 aromatic rings. The molecule has 0 bridgehead atoms. The van der Waals surface area contributed by atoms with Crippen LogP contribution in [0.4, 0.5) is 4.79 Å². The Kier molecular flexibility index (Phi) is 7.10. The van der Waals surface area contributed by atoms with E-state index in [4.69, 9.17) is 4.74 Å². The van der Waals surface area contributed by atoms with Crippen LogP contribution in [-0.2, 0) is 20.1 Å². The summed E-state index contributed by atoms with van der Waals surface area (Å²) in [6.07, 6.45) is 1.20. The molecule has 1 N–H and O–H groups in total. The van der Waals surface area contributed by atoms with Gasteiger partial charge in [-0.1, -0.05) is 28.1 Å². The molecule has 0 unspecified atom stereocenters. The molecule has 0 atom stereocenters. The number of ether oxygens (including phenoxy) is 1. The quantitative estimate of drug-likeness (QED) is 0.701. The minimum absolute atomic E-state index is 0.211. The molecule has 0 radical (unpaired) electrons. The van der Waals surface area contributed by atoms with Gasteiger partial charge in [0.2, 0.25) is 10.0 Å². The van der Waals surface area contributed by atoms with Crippen molar-refractivity contribution in [2.24, 2.45) is 5.92 Å². The van der Waals surface area contributed by atoms with Crippen molar-refractivity contribution in [3.8, 4) is 0 Å². The van der Waals surface area contributed by atoms with Gasteiger partial charge >= 0.3 is 6.09 Å². The number of hydrogen-bond acceptors (Lipinski definition) is 4. The molecule has 0 aliphatic carbocycles. The summed E-state index contributed by atoms with van der Waals surface area (Å²) in [6, 6.07) is 6.88. The Morgan fingerprint density at radius 2 is 1.96 bits per heavy atom. The summed E-state index contributed by atoms with van der Waals surface area (Å²) >= 11 is 3.34. The van der Waals surface area contributed by atoms with Gasteiger partial charge in [0, 0.05) is 25.0 Å². The van der Waals surface area contributed by atoms with E-state index in [9.17, 15) is 13.2 Å². The second-order valence-corrected chi connectivity index (χ2v) is 9.87. The normalized spacial score (nSPS) is 16.5. The van der Waals surface area contributed by atoms with Crippen molar-refractivity contribution in [3.05, 3.63) is 29.8 Å². The van der Waals surface area contributed by atoms with Gasteiger partial charge in [0.05, 0.1) is 4.90 Å². The average Bonchev–Trinajstić information content (AvgIpc) is 2.59. The van der Waals surface area contributed by atoms with Gasteiger partial charge in [-0.25, -0.2) is 17.9 Å². The lowest BCUT2D eigenvalue weighted by Crippen LogP contribution is -2.43.